The maximum Gasteiger partial charge on any atom is 0.231 e. The third kappa shape index (κ3) is 2.57. The smallest absolute Gasteiger partial charge is 0.231 e. The number of ether oxygens (including phenoxy) is 1. The van der Waals surface area contributed by atoms with Crippen LogP contribution >= 0.6 is 0 Å². The Hall–Kier alpha value is -3.67. The summed E-state index contributed by atoms with van der Waals surface area (Å²) < 4.78 is 13.3. The van der Waals surface area contributed by atoms with Crippen molar-refractivity contribution in [3.05, 3.63) is 78.9 Å². The lowest BCUT2D eigenvalue weighted by Gasteiger charge is -2.01. The van der Waals surface area contributed by atoms with E-state index in [4.69, 9.17) is 9.15 Å². The van der Waals surface area contributed by atoms with Gasteiger partial charge in [0, 0.05) is 5.56 Å². The van der Waals surface area contributed by atoms with E-state index in [1.165, 1.54) is 0 Å². The number of fused-ring (bicyclic) bond motifs is 3. The lowest BCUT2D eigenvalue weighted by Crippen LogP contribution is -1.97. The van der Waals surface area contributed by atoms with Gasteiger partial charge in [-0.15, -0.1) is 5.10 Å². The van der Waals surface area contributed by atoms with Crippen molar-refractivity contribution in [1.29, 1.82) is 0 Å². The molecule has 0 unspecified atom stereocenters. The summed E-state index contributed by atoms with van der Waals surface area (Å²) in [4.78, 5) is 8.93. The maximum atomic E-state index is 5.88. The monoisotopic (exact) mass is 342 g/mol. The van der Waals surface area contributed by atoms with Gasteiger partial charge in [-0.3, -0.25) is 0 Å². The van der Waals surface area contributed by atoms with Gasteiger partial charge in [-0.25, -0.2) is 14.5 Å². The predicted molar refractivity (Wildman–Crippen MR) is 96.8 cm³/mol. The Balaban J connectivity index is 1.51. The first-order valence-corrected chi connectivity index (χ1v) is 8.24. The van der Waals surface area contributed by atoms with Crippen LogP contribution in [0.4, 0.5) is 0 Å². The highest BCUT2D eigenvalue weighted by atomic mass is 16.5. The van der Waals surface area contributed by atoms with Crippen molar-refractivity contribution in [2.75, 3.05) is 0 Å². The number of furan rings is 1. The van der Waals surface area contributed by atoms with Crippen LogP contribution in [0.1, 0.15) is 5.82 Å². The third-order valence-electron chi connectivity index (χ3n) is 4.08. The van der Waals surface area contributed by atoms with Gasteiger partial charge in [-0.05, 0) is 18.2 Å². The van der Waals surface area contributed by atoms with Gasteiger partial charge in [0.15, 0.2) is 11.5 Å². The van der Waals surface area contributed by atoms with Crippen LogP contribution < -0.4 is 4.74 Å². The van der Waals surface area contributed by atoms with Crippen molar-refractivity contribution in [3.63, 3.8) is 0 Å². The lowest BCUT2D eigenvalue weighted by atomic mass is 10.2. The summed E-state index contributed by atoms with van der Waals surface area (Å²) in [5.74, 6) is 2.13. The van der Waals surface area contributed by atoms with Crippen LogP contribution in [0.15, 0.2) is 77.5 Å². The number of nitrogens with zero attached hydrogens (tertiary/aromatic N) is 4. The van der Waals surface area contributed by atoms with Gasteiger partial charge in [0.2, 0.25) is 5.71 Å². The molecule has 6 nitrogen and oxygen atoms in total. The molecule has 0 N–H and O–H groups in total. The second-order valence-electron chi connectivity index (χ2n) is 5.84. The number of para-hydroxylation sites is 1. The average molecular weight is 342 g/mol. The first-order chi connectivity index (χ1) is 12.9. The fourth-order valence-electron chi connectivity index (χ4n) is 2.85. The molecule has 5 aromatic rings. The van der Waals surface area contributed by atoms with Gasteiger partial charge in [-0.2, -0.15) is 0 Å². The molecule has 0 aliphatic heterocycles. The van der Waals surface area contributed by atoms with Crippen molar-refractivity contribution in [1.82, 2.24) is 19.6 Å². The molecular formula is C20H14N4O2. The van der Waals surface area contributed by atoms with Crippen molar-refractivity contribution < 1.29 is 9.15 Å². The van der Waals surface area contributed by atoms with E-state index in [2.05, 4.69) is 15.1 Å². The Morgan fingerprint density at radius 1 is 0.962 bits per heavy atom. The molecule has 2 aromatic carbocycles. The quantitative estimate of drug-likeness (QED) is 0.491. The number of hydrogen-bond donors (Lipinski definition) is 0. The highest BCUT2D eigenvalue weighted by molar-refractivity contribution is 5.91. The van der Waals surface area contributed by atoms with Gasteiger partial charge >= 0.3 is 0 Å². The van der Waals surface area contributed by atoms with Crippen LogP contribution in [0.3, 0.4) is 0 Å². The molecule has 0 saturated carbocycles. The summed E-state index contributed by atoms with van der Waals surface area (Å²) in [6.45, 7) is 0.288. The molecule has 0 bridgehead atoms. The minimum Gasteiger partial charge on any atom is -0.486 e. The fraction of sp³-hybridized carbons (Fsp3) is 0.0500. The highest BCUT2D eigenvalue weighted by Gasteiger charge is 2.14. The Labute approximate surface area is 148 Å². The van der Waals surface area contributed by atoms with Gasteiger partial charge in [0.25, 0.3) is 0 Å². The predicted octanol–water partition coefficient (Wildman–Crippen LogP) is 4.12. The molecule has 0 atom stereocenters. The second kappa shape index (κ2) is 6.00. The minimum absolute atomic E-state index is 0.288. The molecule has 0 radical (unpaired) electrons. The molecule has 26 heavy (non-hydrogen) atoms. The van der Waals surface area contributed by atoms with Crippen molar-refractivity contribution in [3.8, 4) is 17.1 Å². The Kier molecular flexibility index (Phi) is 3.38. The van der Waals surface area contributed by atoms with Crippen LogP contribution in [0.2, 0.25) is 0 Å². The number of aromatic nitrogens is 4. The maximum absolute atomic E-state index is 5.88. The summed E-state index contributed by atoms with van der Waals surface area (Å²) in [6.07, 6.45) is 1.61. The van der Waals surface area contributed by atoms with E-state index >= 15 is 0 Å². The molecule has 0 spiro atoms. The number of hydrogen-bond acceptors (Lipinski definition) is 5. The zero-order chi connectivity index (χ0) is 17.3. The molecule has 126 valence electrons. The van der Waals surface area contributed by atoms with E-state index in [9.17, 15) is 0 Å². The average Bonchev–Trinajstić information content (AvgIpc) is 3.31. The fourth-order valence-corrected chi connectivity index (χ4v) is 2.85. The first-order valence-electron chi connectivity index (χ1n) is 8.24. The molecular weight excluding hydrogens is 328 g/mol. The largest absolute Gasteiger partial charge is 0.486 e. The van der Waals surface area contributed by atoms with Crippen LogP contribution in [0.25, 0.3) is 28.1 Å². The zero-order valence-corrected chi connectivity index (χ0v) is 13.7. The third-order valence-corrected chi connectivity index (χ3v) is 4.08. The Morgan fingerprint density at radius 2 is 1.73 bits per heavy atom. The van der Waals surface area contributed by atoms with Crippen molar-refractivity contribution in [2.45, 2.75) is 6.61 Å². The molecule has 3 aromatic heterocycles. The lowest BCUT2D eigenvalue weighted by molar-refractivity contribution is 0.296. The topological polar surface area (TPSA) is 65.5 Å². The minimum atomic E-state index is 0.288. The van der Waals surface area contributed by atoms with E-state index in [1.807, 2.05) is 66.7 Å². The summed E-state index contributed by atoms with van der Waals surface area (Å²) in [5.41, 5.74) is 2.24. The molecule has 0 fully saturated rings. The van der Waals surface area contributed by atoms with Crippen LogP contribution in [0.5, 0.6) is 5.75 Å². The van der Waals surface area contributed by atoms with Gasteiger partial charge in [-0.1, -0.05) is 48.5 Å². The number of rotatable bonds is 4. The Bertz CT molecular complexity index is 1180. The van der Waals surface area contributed by atoms with Gasteiger partial charge < -0.3 is 9.15 Å². The summed E-state index contributed by atoms with van der Waals surface area (Å²) in [5, 5.41) is 5.26. The standard InChI is InChI=1S/C20H14N4O2/c1-3-7-14(8-4-1)17-11-16-19-22-18(12-25-15-9-5-2-6-10-15)23-24(19)13-21-20(16)26-17/h1-11,13H,12H2. The van der Waals surface area contributed by atoms with Crippen LogP contribution in [0, 0.1) is 0 Å². The molecule has 0 aliphatic rings. The van der Waals surface area contributed by atoms with E-state index in [-0.39, 0.29) is 6.61 Å². The molecule has 0 aliphatic carbocycles. The highest BCUT2D eigenvalue weighted by Crippen LogP contribution is 2.28. The van der Waals surface area contributed by atoms with E-state index < -0.39 is 0 Å². The molecule has 5 rings (SSSR count). The Morgan fingerprint density at radius 3 is 2.54 bits per heavy atom. The SMILES string of the molecule is c1ccc(OCc2nc3c4cc(-c5ccccc5)oc4ncn3n2)cc1. The van der Waals surface area contributed by atoms with Crippen LogP contribution in [-0.4, -0.2) is 19.6 Å². The molecule has 0 amide bonds. The van der Waals surface area contributed by atoms with Crippen molar-refractivity contribution >= 4 is 16.7 Å². The second-order valence-corrected chi connectivity index (χ2v) is 5.84. The van der Waals surface area contributed by atoms with Gasteiger partial charge in [0.1, 0.15) is 24.4 Å². The number of benzene rings is 2. The van der Waals surface area contributed by atoms with E-state index in [0.717, 1.165) is 22.5 Å². The zero-order valence-electron chi connectivity index (χ0n) is 13.7. The molecule has 3 heterocycles. The summed E-state index contributed by atoms with van der Waals surface area (Å²) in [7, 11) is 0. The van der Waals surface area contributed by atoms with E-state index in [1.54, 1.807) is 10.8 Å². The molecule has 0 saturated heterocycles. The van der Waals surface area contributed by atoms with Gasteiger partial charge in [0.05, 0.1) is 5.39 Å². The summed E-state index contributed by atoms with van der Waals surface area (Å²) in [6, 6.07) is 21.5. The van der Waals surface area contributed by atoms with Crippen molar-refractivity contribution in [2.24, 2.45) is 0 Å². The first kappa shape index (κ1) is 14.7. The summed E-state index contributed by atoms with van der Waals surface area (Å²) >= 11 is 0. The normalized spacial score (nSPS) is 11.2. The van der Waals surface area contributed by atoms with E-state index in [0.29, 0.717) is 17.2 Å². The molecule has 6 heteroatoms. The van der Waals surface area contributed by atoms with Crippen LogP contribution in [-0.2, 0) is 6.61 Å².